The lowest BCUT2D eigenvalue weighted by molar-refractivity contribution is 0.0607. The average molecular weight is 331 g/mol. The van der Waals surface area contributed by atoms with Crippen LogP contribution in [-0.4, -0.2) is 38.2 Å². The van der Waals surface area contributed by atoms with E-state index in [-0.39, 0.29) is 17.9 Å². The summed E-state index contributed by atoms with van der Waals surface area (Å²) in [6, 6.07) is 9.17. The molecule has 1 aliphatic heterocycles. The van der Waals surface area contributed by atoms with Gasteiger partial charge in [0.15, 0.2) is 0 Å². The first kappa shape index (κ1) is 15.7. The predicted octanol–water partition coefficient (Wildman–Crippen LogP) is 2.72. The molecule has 1 aliphatic rings. The van der Waals surface area contributed by atoms with E-state index in [1.165, 1.54) is 18.4 Å². The molecule has 0 unspecified atom stereocenters. The molecule has 0 radical (unpaired) electrons. The Morgan fingerprint density at radius 1 is 1.26 bits per heavy atom. The molecule has 1 saturated heterocycles. The first-order valence-corrected chi connectivity index (χ1v) is 8.22. The molecular weight excluding hydrogens is 314 g/mol. The highest BCUT2D eigenvalue weighted by molar-refractivity contribution is 7.12. The van der Waals surface area contributed by atoms with E-state index >= 15 is 0 Å². The molecular formula is C17H17NO4S. The summed E-state index contributed by atoms with van der Waals surface area (Å²) in [5.41, 5.74) is 2.29. The number of benzene rings is 1. The molecule has 1 aromatic heterocycles. The van der Waals surface area contributed by atoms with Crippen LogP contribution >= 0.6 is 11.3 Å². The predicted molar refractivity (Wildman–Crippen MR) is 87.8 cm³/mol. The molecule has 1 amide bonds. The highest BCUT2D eigenvalue weighted by Crippen LogP contribution is 2.29. The van der Waals surface area contributed by atoms with E-state index in [9.17, 15) is 9.59 Å². The number of carbonyl (C=O) groups excluding carboxylic acids is 2. The Morgan fingerprint density at radius 2 is 2.04 bits per heavy atom. The smallest absolute Gasteiger partial charge is 0.348 e. The van der Waals surface area contributed by atoms with E-state index in [2.05, 4.69) is 5.32 Å². The Balaban J connectivity index is 1.75. The molecule has 6 heteroatoms. The van der Waals surface area contributed by atoms with Crippen LogP contribution in [0.3, 0.4) is 0 Å². The fourth-order valence-electron chi connectivity index (χ4n) is 2.51. The monoisotopic (exact) mass is 331 g/mol. The van der Waals surface area contributed by atoms with Crippen molar-refractivity contribution in [3.63, 3.8) is 0 Å². The minimum atomic E-state index is -0.349. The fraction of sp³-hybridized carbons (Fsp3) is 0.294. The maximum atomic E-state index is 12.2. The summed E-state index contributed by atoms with van der Waals surface area (Å²) in [4.78, 5) is 24.5. The Labute approximate surface area is 138 Å². The summed E-state index contributed by atoms with van der Waals surface area (Å²) in [6.07, 6.45) is 0.848. The largest absolute Gasteiger partial charge is 0.465 e. The maximum absolute atomic E-state index is 12.2. The number of rotatable bonds is 4. The van der Waals surface area contributed by atoms with E-state index < -0.39 is 0 Å². The SMILES string of the molecule is COC(=O)c1sccc1-c1ccc(C(=O)N[C@@H]2CCOC2)cc1. The highest BCUT2D eigenvalue weighted by atomic mass is 32.1. The first-order valence-electron chi connectivity index (χ1n) is 7.34. The second kappa shape index (κ2) is 6.93. The number of thiophene rings is 1. The molecule has 120 valence electrons. The van der Waals surface area contributed by atoms with E-state index in [0.29, 0.717) is 23.7 Å². The minimum Gasteiger partial charge on any atom is -0.465 e. The van der Waals surface area contributed by atoms with Crippen molar-refractivity contribution in [2.75, 3.05) is 20.3 Å². The van der Waals surface area contributed by atoms with Crippen molar-refractivity contribution in [3.05, 3.63) is 46.2 Å². The molecule has 0 saturated carbocycles. The Morgan fingerprint density at radius 3 is 2.70 bits per heavy atom. The second-order valence-corrected chi connectivity index (χ2v) is 6.18. The number of hydrogen-bond acceptors (Lipinski definition) is 5. The van der Waals surface area contributed by atoms with Crippen LogP contribution in [0, 0.1) is 0 Å². The number of hydrogen-bond donors (Lipinski definition) is 1. The van der Waals surface area contributed by atoms with Crippen molar-refractivity contribution in [2.45, 2.75) is 12.5 Å². The molecule has 1 N–H and O–H groups in total. The zero-order chi connectivity index (χ0) is 16.2. The minimum absolute atomic E-state index is 0.0879. The molecule has 23 heavy (non-hydrogen) atoms. The standard InChI is InChI=1S/C17H17NO4S/c1-21-17(20)15-14(7-9-23-15)11-2-4-12(5-3-11)16(19)18-13-6-8-22-10-13/h2-5,7,9,13H,6,8,10H2,1H3,(H,18,19)/t13-/m1/s1. The summed E-state index contributed by atoms with van der Waals surface area (Å²) in [5, 5.41) is 4.80. The molecule has 1 aromatic carbocycles. The number of ether oxygens (including phenoxy) is 2. The van der Waals surface area contributed by atoms with Gasteiger partial charge in [-0.05, 0) is 35.6 Å². The fourth-order valence-corrected chi connectivity index (χ4v) is 3.34. The lowest BCUT2D eigenvalue weighted by Gasteiger charge is -2.11. The van der Waals surface area contributed by atoms with Crippen molar-refractivity contribution in [2.24, 2.45) is 0 Å². The van der Waals surface area contributed by atoms with E-state index in [4.69, 9.17) is 9.47 Å². The molecule has 1 atom stereocenters. The summed E-state index contributed by atoms with van der Waals surface area (Å²) in [6.45, 7) is 1.26. The topological polar surface area (TPSA) is 64.6 Å². The summed E-state index contributed by atoms with van der Waals surface area (Å²) >= 11 is 1.34. The Hall–Kier alpha value is -2.18. The van der Waals surface area contributed by atoms with Gasteiger partial charge >= 0.3 is 5.97 Å². The van der Waals surface area contributed by atoms with Gasteiger partial charge in [0, 0.05) is 17.7 Å². The van der Waals surface area contributed by atoms with Crippen molar-refractivity contribution >= 4 is 23.2 Å². The quantitative estimate of drug-likeness (QED) is 0.875. The third-order valence-electron chi connectivity index (χ3n) is 3.76. The Kier molecular flexibility index (Phi) is 4.73. The van der Waals surface area contributed by atoms with Crippen molar-refractivity contribution in [3.8, 4) is 11.1 Å². The Bertz CT molecular complexity index is 702. The van der Waals surface area contributed by atoms with Crippen molar-refractivity contribution in [1.82, 2.24) is 5.32 Å². The first-order chi connectivity index (χ1) is 11.2. The molecule has 0 bridgehead atoms. The average Bonchev–Trinajstić information content (AvgIpc) is 3.25. The second-order valence-electron chi connectivity index (χ2n) is 5.27. The van der Waals surface area contributed by atoms with Crippen LogP contribution in [-0.2, 0) is 9.47 Å². The zero-order valence-electron chi connectivity index (χ0n) is 12.7. The van der Waals surface area contributed by atoms with Gasteiger partial charge in [-0.3, -0.25) is 4.79 Å². The molecule has 2 heterocycles. The summed E-state index contributed by atoms with van der Waals surface area (Å²) < 4.78 is 10.0. The number of esters is 1. The molecule has 3 rings (SSSR count). The van der Waals surface area contributed by atoms with Crippen LogP contribution in [0.2, 0.25) is 0 Å². The molecule has 0 spiro atoms. The molecule has 0 aliphatic carbocycles. The molecule has 1 fully saturated rings. The van der Waals surface area contributed by atoms with Gasteiger partial charge in [-0.2, -0.15) is 0 Å². The van der Waals surface area contributed by atoms with Crippen LogP contribution in [0.25, 0.3) is 11.1 Å². The van der Waals surface area contributed by atoms with Crippen LogP contribution in [0.1, 0.15) is 26.5 Å². The number of nitrogens with one attached hydrogen (secondary N) is 1. The van der Waals surface area contributed by atoms with Crippen LogP contribution in [0.5, 0.6) is 0 Å². The lowest BCUT2D eigenvalue weighted by atomic mass is 10.0. The van der Waals surface area contributed by atoms with E-state index in [1.807, 2.05) is 23.6 Å². The molecule has 2 aromatic rings. The van der Waals surface area contributed by atoms with Gasteiger partial charge < -0.3 is 14.8 Å². The number of amides is 1. The number of carbonyl (C=O) groups is 2. The lowest BCUT2D eigenvalue weighted by Crippen LogP contribution is -2.34. The normalized spacial score (nSPS) is 17.0. The van der Waals surface area contributed by atoms with Crippen LogP contribution < -0.4 is 5.32 Å². The van der Waals surface area contributed by atoms with E-state index in [0.717, 1.165) is 17.5 Å². The number of methoxy groups -OCH3 is 1. The van der Waals surface area contributed by atoms with E-state index in [1.54, 1.807) is 12.1 Å². The zero-order valence-corrected chi connectivity index (χ0v) is 13.5. The maximum Gasteiger partial charge on any atom is 0.348 e. The van der Waals surface area contributed by atoms with Crippen molar-refractivity contribution < 1.29 is 19.1 Å². The van der Waals surface area contributed by atoms with Gasteiger partial charge in [0.2, 0.25) is 0 Å². The third-order valence-corrected chi connectivity index (χ3v) is 4.65. The van der Waals surface area contributed by atoms with Gasteiger partial charge in [-0.25, -0.2) is 4.79 Å². The summed E-state index contributed by atoms with van der Waals surface area (Å²) in [5.74, 6) is -0.455. The van der Waals surface area contributed by atoms with Gasteiger partial charge in [0.25, 0.3) is 5.91 Å². The van der Waals surface area contributed by atoms with Crippen LogP contribution in [0.4, 0.5) is 0 Å². The highest BCUT2D eigenvalue weighted by Gasteiger charge is 2.19. The van der Waals surface area contributed by atoms with Gasteiger partial charge in [0.1, 0.15) is 4.88 Å². The van der Waals surface area contributed by atoms with Crippen molar-refractivity contribution in [1.29, 1.82) is 0 Å². The van der Waals surface area contributed by atoms with Gasteiger partial charge in [0.05, 0.1) is 19.8 Å². The third kappa shape index (κ3) is 3.43. The van der Waals surface area contributed by atoms with Crippen LogP contribution in [0.15, 0.2) is 35.7 Å². The van der Waals surface area contributed by atoms with Gasteiger partial charge in [-0.15, -0.1) is 11.3 Å². The van der Waals surface area contributed by atoms with Gasteiger partial charge in [-0.1, -0.05) is 12.1 Å². The summed E-state index contributed by atoms with van der Waals surface area (Å²) in [7, 11) is 1.37. The molecule has 5 nitrogen and oxygen atoms in total.